The first kappa shape index (κ1) is 42.1. The van der Waals surface area contributed by atoms with Gasteiger partial charge in [-0.2, -0.15) is 4.98 Å². The lowest BCUT2D eigenvalue weighted by Crippen LogP contribution is -2.36. The van der Waals surface area contributed by atoms with E-state index in [-0.39, 0.29) is 6.61 Å². The van der Waals surface area contributed by atoms with Crippen LogP contribution >= 0.6 is 11.6 Å². The molecule has 1 aliphatic heterocycles. The summed E-state index contributed by atoms with van der Waals surface area (Å²) in [6.45, 7) is 5.41. The van der Waals surface area contributed by atoms with Gasteiger partial charge in [-0.3, -0.25) is 20.2 Å². The molecular weight excluding hydrogens is 773 g/mol. The Labute approximate surface area is 329 Å². The first-order chi connectivity index (χ1) is 27.3. The maximum absolute atomic E-state index is 14.1. The first-order valence-electron chi connectivity index (χ1n) is 17.5. The van der Waals surface area contributed by atoms with Gasteiger partial charge in [0.2, 0.25) is 0 Å². The predicted octanol–water partition coefficient (Wildman–Crippen LogP) is 6.40. The van der Waals surface area contributed by atoms with Gasteiger partial charge < -0.3 is 43.7 Å². The van der Waals surface area contributed by atoms with Crippen molar-refractivity contribution < 1.29 is 52.4 Å². The fraction of sp³-hybridized carbons (Fsp3) is 0.351. The molecule has 57 heavy (non-hydrogen) atoms. The van der Waals surface area contributed by atoms with Gasteiger partial charge in [-0.05, 0) is 44.5 Å². The number of aromatic nitrogens is 4. The van der Waals surface area contributed by atoms with Crippen LogP contribution in [0.3, 0.4) is 0 Å². The summed E-state index contributed by atoms with van der Waals surface area (Å²) in [7, 11) is 3.13. The molecule has 1 saturated heterocycles. The van der Waals surface area contributed by atoms with E-state index in [9.17, 15) is 29.0 Å². The molecule has 3 aromatic heterocycles. The number of ether oxygens (including phenoxy) is 5. The molecule has 2 aromatic carbocycles. The molecule has 0 aliphatic carbocycles. The van der Waals surface area contributed by atoms with Crippen molar-refractivity contribution in [2.24, 2.45) is 0 Å². The lowest BCUT2D eigenvalue weighted by Gasteiger charge is -2.17. The molecule has 20 heteroatoms. The second kappa shape index (κ2) is 19.2. The van der Waals surface area contributed by atoms with Gasteiger partial charge in [-0.25, -0.2) is 18.8 Å². The highest BCUT2D eigenvalue weighted by atomic mass is 35.5. The number of rotatable bonds is 12. The molecule has 5 aromatic rings. The molecule has 5 N–H and O–H groups in total. The lowest BCUT2D eigenvalue weighted by atomic mass is 10.1. The molecule has 0 unspecified atom stereocenters. The number of anilines is 3. The van der Waals surface area contributed by atoms with E-state index in [2.05, 4.69) is 31.1 Å². The number of benzene rings is 2. The van der Waals surface area contributed by atoms with Crippen molar-refractivity contribution in [3.63, 3.8) is 0 Å². The summed E-state index contributed by atoms with van der Waals surface area (Å²) in [6.07, 6.45) is -0.615. The van der Waals surface area contributed by atoms with E-state index in [4.69, 9.17) is 39.8 Å². The Bertz CT molecular complexity index is 2260. The largest absolute Gasteiger partial charge is 0.493 e. The van der Waals surface area contributed by atoms with Crippen molar-refractivity contribution in [3.8, 4) is 23.0 Å². The van der Waals surface area contributed by atoms with E-state index in [0.717, 1.165) is 29.0 Å². The van der Waals surface area contributed by atoms with Crippen LogP contribution in [0.4, 0.5) is 31.3 Å². The minimum atomic E-state index is -1.41. The van der Waals surface area contributed by atoms with Crippen LogP contribution in [0.15, 0.2) is 64.2 Å². The lowest BCUT2D eigenvalue weighted by molar-refractivity contribution is -0.0355. The molecular formula is C37H41ClFN7O11. The summed E-state index contributed by atoms with van der Waals surface area (Å²) in [5.74, 6) is 1.47. The smallest absolute Gasteiger partial charge is 0.412 e. The van der Waals surface area contributed by atoms with Gasteiger partial charge in [0.1, 0.15) is 29.5 Å². The quantitative estimate of drug-likeness (QED) is 0.0859. The zero-order valence-electron chi connectivity index (χ0n) is 31.4. The van der Waals surface area contributed by atoms with Gasteiger partial charge in [0.05, 0.1) is 49.4 Å². The average Bonchev–Trinajstić information content (AvgIpc) is 3.71. The van der Waals surface area contributed by atoms with Crippen molar-refractivity contribution in [1.82, 2.24) is 19.7 Å². The summed E-state index contributed by atoms with van der Waals surface area (Å²) >= 11 is 6.35. The van der Waals surface area contributed by atoms with E-state index >= 15 is 0 Å². The Morgan fingerprint density at radius 3 is 2.40 bits per heavy atom. The molecule has 1 aliphatic rings. The Kier molecular flexibility index (Phi) is 14.2. The summed E-state index contributed by atoms with van der Waals surface area (Å²) in [4.78, 5) is 43.6. The number of fused-ring (bicyclic) bond motifs is 1. The standard InChI is InChI=1S/C22H19ClN4O5.C15H22FN3O6/c1-12-8-21(27-32-12)26-22(28)25-16-5-4-13(9-15(16)23)31-18-6-7-24-17-11-20(30-3)19(29-2)10-14(17)18;1-3-4-5-6-24-15(23)18-12-9(16)7-19(14(22)17-12)13-11(21)10(20)8(2)25-13/h4-11H,1-3H3,(H2,25,26,27,28);7-8,10-11,13,20-21H,3-6H2,1-2H3,(H,17,18,22,23)/t;8-,10-,11-,13-/m.1/s1. The van der Waals surface area contributed by atoms with Gasteiger partial charge in [0, 0.05) is 29.8 Å². The first-order valence-corrected chi connectivity index (χ1v) is 17.9. The Hall–Kier alpha value is -6.02. The number of hydrogen-bond donors (Lipinski definition) is 5. The number of amides is 3. The zero-order valence-corrected chi connectivity index (χ0v) is 32.2. The van der Waals surface area contributed by atoms with Crippen LogP contribution in [0.25, 0.3) is 10.9 Å². The van der Waals surface area contributed by atoms with Gasteiger partial charge in [0.25, 0.3) is 0 Å². The second-order valence-corrected chi connectivity index (χ2v) is 12.9. The molecule has 304 valence electrons. The number of halogens is 2. The third-order valence-electron chi connectivity index (χ3n) is 8.35. The highest BCUT2D eigenvalue weighted by molar-refractivity contribution is 6.34. The topological polar surface area (TPSA) is 231 Å². The van der Waals surface area contributed by atoms with E-state index in [1.807, 2.05) is 6.92 Å². The fourth-order valence-electron chi connectivity index (χ4n) is 5.44. The third-order valence-corrected chi connectivity index (χ3v) is 8.67. The van der Waals surface area contributed by atoms with E-state index in [0.29, 0.717) is 57.2 Å². The van der Waals surface area contributed by atoms with Gasteiger partial charge in [0.15, 0.2) is 35.2 Å². The van der Waals surface area contributed by atoms with Crippen molar-refractivity contribution in [2.45, 2.75) is 64.6 Å². The number of nitrogens with zero attached hydrogens (tertiary/aromatic N) is 4. The van der Waals surface area contributed by atoms with Crippen LogP contribution in [-0.2, 0) is 9.47 Å². The molecule has 1 fully saturated rings. The number of unbranched alkanes of at least 4 members (excludes halogenated alkanes) is 2. The molecule has 3 amide bonds. The summed E-state index contributed by atoms with van der Waals surface area (Å²) < 4.78 is 46.6. The molecule has 4 heterocycles. The number of pyridine rings is 1. The van der Waals surface area contributed by atoms with Gasteiger partial charge in [-0.15, -0.1) is 0 Å². The molecule has 0 saturated carbocycles. The normalized spacial score (nSPS) is 17.3. The number of hydrogen-bond acceptors (Lipinski definition) is 14. The predicted molar refractivity (Wildman–Crippen MR) is 205 cm³/mol. The molecule has 6 rings (SSSR count). The SMILES string of the molecule is CCCCCOC(=O)Nc1nc(=O)n([C@@H]2O[C@H](C)[C@@H](O)[C@H]2O)cc1F.COc1cc2nccc(Oc3ccc(NC(=O)Nc4cc(C)on4)c(Cl)c3)c2cc1OC. The Balaban J connectivity index is 0.000000225. The zero-order chi connectivity index (χ0) is 41.2. The summed E-state index contributed by atoms with van der Waals surface area (Å²) in [6, 6.07) is 11.3. The van der Waals surface area contributed by atoms with E-state index in [1.54, 1.807) is 69.8 Å². The fourth-order valence-corrected chi connectivity index (χ4v) is 5.66. The van der Waals surface area contributed by atoms with Crippen molar-refractivity contribution in [2.75, 3.05) is 36.8 Å². The van der Waals surface area contributed by atoms with Gasteiger partial charge >= 0.3 is 17.8 Å². The number of nitrogens with one attached hydrogen (secondary N) is 3. The summed E-state index contributed by atoms with van der Waals surface area (Å²) in [5.41, 5.74) is 0.139. The maximum Gasteiger partial charge on any atom is 0.412 e. The monoisotopic (exact) mass is 813 g/mol. The van der Waals surface area contributed by atoms with Crippen LogP contribution in [0.1, 0.15) is 45.1 Å². The van der Waals surface area contributed by atoms with Crippen molar-refractivity contribution in [1.29, 1.82) is 0 Å². The number of aliphatic hydroxyl groups is 2. The average molecular weight is 814 g/mol. The number of aliphatic hydroxyl groups excluding tert-OH is 2. The van der Waals surface area contributed by atoms with Crippen LogP contribution in [0.2, 0.25) is 5.02 Å². The van der Waals surface area contributed by atoms with Crippen molar-refractivity contribution >= 4 is 52.0 Å². The molecule has 18 nitrogen and oxygen atoms in total. The minimum Gasteiger partial charge on any atom is -0.493 e. The molecule has 4 atom stereocenters. The Morgan fingerprint density at radius 1 is 1.00 bits per heavy atom. The van der Waals surface area contributed by atoms with E-state index < -0.39 is 54.0 Å². The number of aryl methyl sites for hydroxylation is 1. The number of carbonyl (C=O) groups is 2. The van der Waals surface area contributed by atoms with Crippen molar-refractivity contribution in [3.05, 3.63) is 81.9 Å². The third kappa shape index (κ3) is 10.6. The highest BCUT2D eigenvalue weighted by Crippen LogP contribution is 2.38. The molecule has 0 radical (unpaired) electrons. The highest BCUT2D eigenvalue weighted by Gasteiger charge is 2.42. The van der Waals surface area contributed by atoms with Crippen LogP contribution in [-0.4, -0.2) is 81.2 Å². The Morgan fingerprint density at radius 2 is 1.75 bits per heavy atom. The van der Waals surface area contributed by atoms with Crippen LogP contribution < -0.4 is 35.9 Å². The number of carbonyl (C=O) groups excluding carboxylic acids is 2. The van der Waals surface area contributed by atoms with Crippen LogP contribution in [0, 0.1) is 12.7 Å². The van der Waals surface area contributed by atoms with E-state index in [1.165, 1.54) is 6.92 Å². The number of urea groups is 1. The van der Waals surface area contributed by atoms with Gasteiger partial charge in [-0.1, -0.05) is 36.5 Å². The van der Waals surface area contributed by atoms with Crippen LogP contribution in [0.5, 0.6) is 23.0 Å². The second-order valence-electron chi connectivity index (χ2n) is 12.5. The minimum absolute atomic E-state index is 0.177. The molecule has 0 spiro atoms. The maximum atomic E-state index is 14.1. The molecule has 0 bridgehead atoms. The number of methoxy groups -OCH3 is 2. The summed E-state index contributed by atoms with van der Waals surface area (Å²) in [5, 5.41) is 31.6.